The van der Waals surface area contributed by atoms with E-state index in [0.717, 1.165) is 38.4 Å². The third-order valence-corrected chi connectivity index (χ3v) is 7.26. The highest BCUT2D eigenvalue weighted by Gasteiger charge is 2.30. The minimum atomic E-state index is -0.0688. The summed E-state index contributed by atoms with van der Waals surface area (Å²) < 4.78 is 5.85. The number of nitrogens with one attached hydrogen (secondary N) is 2. The molecule has 2 aliphatic heterocycles. The van der Waals surface area contributed by atoms with E-state index in [2.05, 4.69) is 40.8 Å². The second kappa shape index (κ2) is 10.1. The van der Waals surface area contributed by atoms with Crippen LogP contribution in [0.5, 0.6) is 0 Å². The fourth-order valence-electron chi connectivity index (χ4n) is 4.90. The predicted molar refractivity (Wildman–Crippen MR) is 123 cm³/mol. The van der Waals surface area contributed by atoms with E-state index >= 15 is 0 Å². The molecule has 1 saturated carbocycles. The predicted octanol–water partition coefficient (Wildman–Crippen LogP) is 1.99. The molecule has 2 N–H and O–H groups in total. The number of nitrogens with zero attached hydrogens (tertiary/aromatic N) is 6. The summed E-state index contributed by atoms with van der Waals surface area (Å²) in [7, 11) is 0. The highest BCUT2D eigenvalue weighted by atomic mass is 32.1. The first kappa shape index (κ1) is 21.5. The fourth-order valence-corrected chi connectivity index (χ4v) is 5.64. The topological polar surface area (TPSA) is 108 Å². The molecule has 10 nitrogen and oxygen atoms in total. The highest BCUT2D eigenvalue weighted by molar-refractivity contribution is 7.19. The summed E-state index contributed by atoms with van der Waals surface area (Å²) in [5.41, 5.74) is 0. The molecule has 172 valence electrons. The number of rotatable bonds is 7. The van der Waals surface area contributed by atoms with Crippen LogP contribution in [-0.4, -0.2) is 82.2 Å². The van der Waals surface area contributed by atoms with E-state index in [9.17, 15) is 4.79 Å². The molecule has 0 bridgehead atoms. The number of hydrogen-bond donors (Lipinski definition) is 2. The summed E-state index contributed by atoms with van der Waals surface area (Å²) >= 11 is 1.37. The minimum Gasteiger partial charge on any atom is -0.375 e. The molecule has 0 radical (unpaired) electrons. The maximum atomic E-state index is 12.6. The smallest absolute Gasteiger partial charge is 0.228 e. The Morgan fingerprint density at radius 3 is 2.84 bits per heavy atom. The number of anilines is 3. The van der Waals surface area contributed by atoms with Gasteiger partial charge < -0.3 is 20.3 Å². The van der Waals surface area contributed by atoms with Gasteiger partial charge in [0, 0.05) is 44.5 Å². The third-order valence-electron chi connectivity index (χ3n) is 6.49. The van der Waals surface area contributed by atoms with E-state index in [-0.39, 0.29) is 18.1 Å². The zero-order valence-electron chi connectivity index (χ0n) is 18.2. The van der Waals surface area contributed by atoms with E-state index in [1.807, 2.05) is 12.1 Å². The summed E-state index contributed by atoms with van der Waals surface area (Å²) in [4.78, 5) is 17.3. The quantitative estimate of drug-likeness (QED) is 0.644. The van der Waals surface area contributed by atoms with Crippen molar-refractivity contribution in [3.05, 3.63) is 18.3 Å². The van der Waals surface area contributed by atoms with Gasteiger partial charge in [0.1, 0.15) is 0 Å². The molecule has 1 amide bonds. The molecule has 2 atom stereocenters. The van der Waals surface area contributed by atoms with Gasteiger partial charge in [-0.3, -0.25) is 9.69 Å². The van der Waals surface area contributed by atoms with Crippen LogP contribution in [-0.2, 0) is 9.53 Å². The molecule has 5 rings (SSSR count). The molecule has 1 aliphatic carbocycles. The van der Waals surface area contributed by atoms with Gasteiger partial charge in [0.05, 0.1) is 19.1 Å². The Morgan fingerprint density at radius 2 is 2.00 bits per heavy atom. The number of morpholine rings is 1. The van der Waals surface area contributed by atoms with E-state index in [0.29, 0.717) is 29.3 Å². The van der Waals surface area contributed by atoms with Gasteiger partial charge in [0.2, 0.25) is 16.2 Å². The largest absolute Gasteiger partial charge is 0.375 e. The Bertz CT molecular complexity index is 891. The van der Waals surface area contributed by atoms with E-state index < -0.39 is 0 Å². The first-order valence-corrected chi connectivity index (χ1v) is 12.3. The summed E-state index contributed by atoms with van der Waals surface area (Å²) in [6.45, 7) is 4.26. The molecule has 3 fully saturated rings. The summed E-state index contributed by atoms with van der Waals surface area (Å²) in [6, 6.07) is 4.79. The molecule has 0 aromatic carbocycles. The van der Waals surface area contributed by atoms with Gasteiger partial charge in [0.25, 0.3) is 0 Å². The van der Waals surface area contributed by atoms with Crippen molar-refractivity contribution < 1.29 is 9.53 Å². The number of hydrogen-bond acceptors (Lipinski definition) is 10. The van der Waals surface area contributed by atoms with Crippen LogP contribution < -0.4 is 15.5 Å². The van der Waals surface area contributed by atoms with Gasteiger partial charge in [-0.25, -0.2) is 0 Å². The number of carbonyl (C=O) groups is 1. The molecule has 0 spiro atoms. The maximum Gasteiger partial charge on any atom is 0.228 e. The molecule has 4 heterocycles. The van der Waals surface area contributed by atoms with Crippen LogP contribution in [0.15, 0.2) is 18.3 Å². The zero-order chi connectivity index (χ0) is 21.8. The van der Waals surface area contributed by atoms with Crippen LogP contribution in [0.25, 0.3) is 0 Å². The van der Waals surface area contributed by atoms with E-state index in [1.54, 1.807) is 6.20 Å². The Labute approximate surface area is 191 Å². The van der Waals surface area contributed by atoms with Gasteiger partial charge in [0.15, 0.2) is 5.82 Å². The van der Waals surface area contributed by atoms with Crippen molar-refractivity contribution in [3.63, 3.8) is 0 Å². The fraction of sp³-hybridized carbons (Fsp3) is 0.667. The summed E-state index contributed by atoms with van der Waals surface area (Å²) in [5, 5.41) is 24.0. The Morgan fingerprint density at radius 1 is 1.12 bits per heavy atom. The minimum absolute atomic E-state index is 0.0552. The second-order valence-corrected chi connectivity index (χ2v) is 9.73. The lowest BCUT2D eigenvalue weighted by Gasteiger charge is -2.36. The average molecular weight is 459 g/mol. The monoisotopic (exact) mass is 458 g/mol. The molecule has 2 aromatic heterocycles. The average Bonchev–Trinajstić information content (AvgIpc) is 3.58. The van der Waals surface area contributed by atoms with Crippen LogP contribution in [0.1, 0.15) is 38.5 Å². The van der Waals surface area contributed by atoms with Crippen LogP contribution in [0, 0.1) is 0 Å². The first-order valence-electron chi connectivity index (χ1n) is 11.5. The lowest BCUT2D eigenvalue weighted by atomic mass is 10.1. The Balaban J connectivity index is 1.08. The SMILES string of the molecule is O=C(CC1CN(C2CCCC2)CCO1)Nc1nnc(N[C@@H]2CCN(c3cccnn3)C2)s1. The van der Waals surface area contributed by atoms with Crippen molar-refractivity contribution in [2.75, 3.05) is 48.3 Å². The molecule has 32 heavy (non-hydrogen) atoms. The molecule has 3 aliphatic rings. The summed E-state index contributed by atoms with van der Waals surface area (Å²) in [6.07, 6.45) is 8.14. The second-order valence-electron chi connectivity index (χ2n) is 8.75. The molecular weight excluding hydrogens is 428 g/mol. The van der Waals surface area contributed by atoms with Gasteiger partial charge >= 0.3 is 0 Å². The van der Waals surface area contributed by atoms with Gasteiger partial charge in [-0.2, -0.15) is 5.10 Å². The standard InChI is InChI=1S/C21H30N8O2S/c30-19(12-17-14-28(10-11-31-17)16-4-1-2-5-16)24-21-27-26-20(32-21)23-15-7-9-29(13-15)18-6-3-8-22-25-18/h3,6,8,15-17H,1-2,4-5,7,9-14H2,(H,23,26)(H,24,27,30)/t15-,17?/m1/s1. The van der Waals surface area contributed by atoms with Gasteiger partial charge in [-0.15, -0.1) is 15.3 Å². The van der Waals surface area contributed by atoms with Crippen LogP contribution >= 0.6 is 11.3 Å². The summed E-state index contributed by atoms with van der Waals surface area (Å²) in [5.74, 6) is 0.819. The van der Waals surface area contributed by atoms with Crippen molar-refractivity contribution in [1.82, 2.24) is 25.3 Å². The maximum absolute atomic E-state index is 12.6. The van der Waals surface area contributed by atoms with Crippen LogP contribution in [0.3, 0.4) is 0 Å². The first-order chi connectivity index (χ1) is 15.7. The molecule has 1 unspecified atom stereocenters. The number of ether oxygens (including phenoxy) is 1. The van der Waals surface area contributed by atoms with Crippen LogP contribution in [0.4, 0.5) is 16.1 Å². The zero-order valence-corrected chi connectivity index (χ0v) is 19.0. The Hall–Kier alpha value is -2.37. The number of amides is 1. The van der Waals surface area contributed by atoms with Crippen LogP contribution in [0.2, 0.25) is 0 Å². The molecule has 11 heteroatoms. The molecular formula is C21H30N8O2S. The van der Waals surface area contributed by atoms with Crippen molar-refractivity contribution in [3.8, 4) is 0 Å². The third kappa shape index (κ3) is 5.33. The molecule has 2 aromatic rings. The number of carbonyl (C=O) groups excluding carboxylic acids is 1. The van der Waals surface area contributed by atoms with Crippen molar-refractivity contribution in [1.29, 1.82) is 0 Å². The van der Waals surface area contributed by atoms with Gasteiger partial charge in [-0.1, -0.05) is 24.2 Å². The lowest BCUT2D eigenvalue weighted by Crippen LogP contribution is -2.47. The Kier molecular flexibility index (Phi) is 6.75. The number of aromatic nitrogens is 4. The highest BCUT2D eigenvalue weighted by Crippen LogP contribution is 2.27. The van der Waals surface area contributed by atoms with Crippen molar-refractivity contribution in [2.24, 2.45) is 0 Å². The normalized spacial score (nSPS) is 24.7. The van der Waals surface area contributed by atoms with Crippen molar-refractivity contribution >= 4 is 33.3 Å². The lowest BCUT2D eigenvalue weighted by molar-refractivity contribution is -0.121. The van der Waals surface area contributed by atoms with E-state index in [4.69, 9.17) is 4.74 Å². The van der Waals surface area contributed by atoms with E-state index in [1.165, 1.54) is 37.0 Å². The van der Waals surface area contributed by atoms with Crippen molar-refractivity contribution in [2.45, 2.75) is 56.7 Å². The molecule has 2 saturated heterocycles. The van der Waals surface area contributed by atoms with Gasteiger partial charge in [-0.05, 0) is 31.4 Å².